The highest BCUT2D eigenvalue weighted by Gasteiger charge is 2.13. The Labute approximate surface area is 102 Å². The molecular weight excluding hydrogens is 244 g/mol. The zero-order valence-corrected chi connectivity index (χ0v) is 9.97. The molecule has 1 atom stereocenters. The van der Waals surface area contributed by atoms with Crippen LogP contribution in [-0.2, 0) is 6.42 Å². The van der Waals surface area contributed by atoms with Gasteiger partial charge in [-0.05, 0) is 31.2 Å². The number of hydrogen-bond acceptors (Lipinski definition) is 4. The number of likely N-dealkylation sites (N-methyl/N-ethyl adjacent to an activating group) is 1. The molecule has 90 valence electrons. The summed E-state index contributed by atoms with van der Waals surface area (Å²) in [4.78, 5) is 0. The predicted molar refractivity (Wildman–Crippen MR) is 61.8 cm³/mol. The van der Waals surface area contributed by atoms with Gasteiger partial charge in [-0.15, -0.1) is 0 Å². The number of nitrogens with one attached hydrogen (secondary N) is 1. The third kappa shape index (κ3) is 2.83. The summed E-state index contributed by atoms with van der Waals surface area (Å²) in [5.74, 6) is -1.65. The van der Waals surface area contributed by atoms with Crippen LogP contribution in [0.15, 0.2) is 24.4 Å². The van der Waals surface area contributed by atoms with E-state index in [4.69, 9.17) is 0 Å². The first kappa shape index (κ1) is 12.1. The van der Waals surface area contributed by atoms with Gasteiger partial charge in [-0.3, -0.25) is 0 Å². The smallest absolute Gasteiger partial charge is 0.159 e. The maximum atomic E-state index is 13.1. The van der Waals surface area contributed by atoms with Crippen molar-refractivity contribution >= 4 is 11.7 Å². The van der Waals surface area contributed by atoms with Crippen LogP contribution in [0.4, 0.5) is 8.78 Å². The highest BCUT2D eigenvalue weighted by molar-refractivity contribution is 6.99. The Bertz CT molecular complexity index is 487. The summed E-state index contributed by atoms with van der Waals surface area (Å²) in [6, 6.07) is 3.87. The maximum Gasteiger partial charge on any atom is 0.159 e. The first-order valence-corrected chi connectivity index (χ1v) is 5.82. The Balaban J connectivity index is 2.16. The maximum absolute atomic E-state index is 13.1. The molecule has 0 amide bonds. The summed E-state index contributed by atoms with van der Waals surface area (Å²) in [7, 11) is 1.80. The molecule has 1 aromatic heterocycles. The summed E-state index contributed by atoms with van der Waals surface area (Å²) in [6.07, 6.45) is 2.21. The standard InChI is InChI=1S/C11H11F2N3S/c1-14-10(11-6-15-17-16-11)5-7-2-3-8(12)9(13)4-7/h2-4,6,10,14H,5H2,1H3. The van der Waals surface area contributed by atoms with Crippen LogP contribution in [0.3, 0.4) is 0 Å². The van der Waals surface area contributed by atoms with Crippen LogP contribution in [-0.4, -0.2) is 15.8 Å². The Morgan fingerprint density at radius 1 is 1.35 bits per heavy atom. The van der Waals surface area contributed by atoms with Gasteiger partial charge in [0.15, 0.2) is 11.6 Å². The van der Waals surface area contributed by atoms with E-state index in [-0.39, 0.29) is 6.04 Å². The van der Waals surface area contributed by atoms with Crippen molar-refractivity contribution in [1.29, 1.82) is 0 Å². The molecule has 17 heavy (non-hydrogen) atoms. The first-order valence-electron chi connectivity index (χ1n) is 5.09. The lowest BCUT2D eigenvalue weighted by Gasteiger charge is -2.13. The average molecular weight is 255 g/mol. The van der Waals surface area contributed by atoms with Crippen LogP contribution in [0.1, 0.15) is 17.3 Å². The molecule has 1 unspecified atom stereocenters. The number of nitrogens with zero attached hydrogens (tertiary/aromatic N) is 2. The molecule has 2 aromatic rings. The van der Waals surface area contributed by atoms with Crippen molar-refractivity contribution in [2.24, 2.45) is 0 Å². The van der Waals surface area contributed by atoms with Gasteiger partial charge in [0.25, 0.3) is 0 Å². The largest absolute Gasteiger partial charge is 0.311 e. The predicted octanol–water partition coefficient (Wildman–Crippen LogP) is 2.32. The minimum Gasteiger partial charge on any atom is -0.311 e. The fraction of sp³-hybridized carbons (Fsp3) is 0.273. The zero-order chi connectivity index (χ0) is 12.3. The summed E-state index contributed by atoms with van der Waals surface area (Å²) < 4.78 is 33.9. The molecule has 1 N–H and O–H groups in total. The minimum atomic E-state index is -0.829. The van der Waals surface area contributed by atoms with Gasteiger partial charge in [-0.25, -0.2) is 8.78 Å². The SMILES string of the molecule is CNC(Cc1ccc(F)c(F)c1)c1cnsn1. The number of benzene rings is 1. The molecule has 3 nitrogen and oxygen atoms in total. The van der Waals surface area contributed by atoms with Crippen LogP contribution in [0.2, 0.25) is 0 Å². The van der Waals surface area contributed by atoms with E-state index in [9.17, 15) is 8.78 Å². The summed E-state index contributed by atoms with van der Waals surface area (Å²) in [5, 5.41) is 3.07. The summed E-state index contributed by atoms with van der Waals surface area (Å²) >= 11 is 1.13. The normalized spacial score (nSPS) is 12.6. The van der Waals surface area contributed by atoms with E-state index in [1.54, 1.807) is 19.3 Å². The van der Waals surface area contributed by atoms with Gasteiger partial charge >= 0.3 is 0 Å². The monoisotopic (exact) mass is 255 g/mol. The van der Waals surface area contributed by atoms with Gasteiger partial charge in [-0.1, -0.05) is 6.07 Å². The molecule has 1 aromatic carbocycles. The fourth-order valence-corrected chi connectivity index (χ4v) is 2.05. The van der Waals surface area contributed by atoms with Gasteiger partial charge in [0, 0.05) is 0 Å². The molecular formula is C11H11F2N3S. The molecule has 1 heterocycles. The Morgan fingerprint density at radius 2 is 2.18 bits per heavy atom. The Morgan fingerprint density at radius 3 is 2.76 bits per heavy atom. The Kier molecular flexibility index (Phi) is 3.75. The number of aromatic nitrogens is 2. The van der Waals surface area contributed by atoms with Crippen LogP contribution >= 0.6 is 11.7 Å². The molecule has 0 spiro atoms. The summed E-state index contributed by atoms with van der Waals surface area (Å²) in [6.45, 7) is 0. The van der Waals surface area contributed by atoms with E-state index >= 15 is 0 Å². The van der Waals surface area contributed by atoms with Crippen molar-refractivity contribution in [2.75, 3.05) is 7.05 Å². The quantitative estimate of drug-likeness (QED) is 0.911. The molecule has 0 radical (unpaired) electrons. The number of halogens is 2. The lowest BCUT2D eigenvalue weighted by atomic mass is 10.0. The van der Waals surface area contributed by atoms with Gasteiger partial charge in [0.1, 0.15) is 0 Å². The molecule has 0 aliphatic rings. The van der Waals surface area contributed by atoms with E-state index in [1.165, 1.54) is 6.07 Å². The molecule has 0 fully saturated rings. The lowest BCUT2D eigenvalue weighted by Crippen LogP contribution is -2.19. The highest BCUT2D eigenvalue weighted by Crippen LogP contribution is 2.18. The van der Waals surface area contributed by atoms with E-state index in [0.717, 1.165) is 29.1 Å². The topological polar surface area (TPSA) is 37.8 Å². The van der Waals surface area contributed by atoms with Gasteiger partial charge in [0.2, 0.25) is 0 Å². The number of rotatable bonds is 4. The molecule has 0 aliphatic heterocycles. The second-order valence-electron chi connectivity index (χ2n) is 3.63. The second kappa shape index (κ2) is 5.29. The van der Waals surface area contributed by atoms with Crippen molar-refractivity contribution < 1.29 is 8.78 Å². The lowest BCUT2D eigenvalue weighted by molar-refractivity contribution is 0.504. The van der Waals surface area contributed by atoms with Crippen LogP contribution in [0, 0.1) is 11.6 Å². The van der Waals surface area contributed by atoms with E-state index in [2.05, 4.69) is 14.1 Å². The third-order valence-electron chi connectivity index (χ3n) is 2.51. The molecule has 0 saturated heterocycles. The minimum absolute atomic E-state index is 0.0430. The third-order valence-corrected chi connectivity index (χ3v) is 3.00. The van der Waals surface area contributed by atoms with E-state index < -0.39 is 11.6 Å². The van der Waals surface area contributed by atoms with Gasteiger partial charge in [0.05, 0.1) is 29.7 Å². The van der Waals surface area contributed by atoms with Crippen molar-refractivity contribution in [3.63, 3.8) is 0 Å². The van der Waals surface area contributed by atoms with Crippen molar-refractivity contribution in [3.8, 4) is 0 Å². The van der Waals surface area contributed by atoms with Gasteiger partial charge < -0.3 is 5.32 Å². The summed E-state index contributed by atoms with van der Waals surface area (Å²) in [5.41, 5.74) is 1.53. The average Bonchev–Trinajstić information content (AvgIpc) is 2.84. The fourth-order valence-electron chi connectivity index (χ4n) is 1.58. The molecule has 2 rings (SSSR count). The molecule has 0 aliphatic carbocycles. The molecule has 0 saturated carbocycles. The number of hydrogen-bond donors (Lipinski definition) is 1. The van der Waals surface area contributed by atoms with E-state index in [0.29, 0.717) is 6.42 Å². The first-order chi connectivity index (χ1) is 8.20. The van der Waals surface area contributed by atoms with Crippen LogP contribution in [0.25, 0.3) is 0 Å². The Hall–Kier alpha value is -1.40. The van der Waals surface area contributed by atoms with E-state index in [1.807, 2.05) is 0 Å². The zero-order valence-electron chi connectivity index (χ0n) is 9.15. The van der Waals surface area contributed by atoms with Crippen molar-refractivity contribution in [1.82, 2.24) is 14.1 Å². The molecule has 0 bridgehead atoms. The van der Waals surface area contributed by atoms with Gasteiger partial charge in [-0.2, -0.15) is 8.75 Å². The second-order valence-corrected chi connectivity index (χ2v) is 4.18. The van der Waals surface area contributed by atoms with Crippen LogP contribution in [0.5, 0.6) is 0 Å². The van der Waals surface area contributed by atoms with Crippen molar-refractivity contribution in [2.45, 2.75) is 12.5 Å². The molecule has 6 heteroatoms. The van der Waals surface area contributed by atoms with Crippen molar-refractivity contribution in [3.05, 3.63) is 47.3 Å². The van der Waals surface area contributed by atoms with Crippen LogP contribution < -0.4 is 5.32 Å². The highest BCUT2D eigenvalue weighted by atomic mass is 32.1.